The summed E-state index contributed by atoms with van der Waals surface area (Å²) in [5, 5.41) is 11.5. The standard InChI is InChI=1S/C10H11N3O3/c11-7(10(14)15)4-12-6-1-2-8-9(3-6)16-5-13-8/h1-3,5,7,12H,4,11H2,(H,14,15). The molecule has 0 radical (unpaired) electrons. The van der Waals surface area contributed by atoms with Gasteiger partial charge >= 0.3 is 5.97 Å². The molecule has 0 saturated carbocycles. The van der Waals surface area contributed by atoms with E-state index in [9.17, 15) is 4.79 Å². The Bertz CT molecular complexity index is 509. The van der Waals surface area contributed by atoms with E-state index in [4.69, 9.17) is 15.3 Å². The number of anilines is 1. The number of hydrogen-bond acceptors (Lipinski definition) is 5. The molecule has 6 heteroatoms. The largest absolute Gasteiger partial charge is 0.480 e. The highest BCUT2D eigenvalue weighted by Gasteiger charge is 2.10. The summed E-state index contributed by atoms with van der Waals surface area (Å²) in [5.74, 6) is -1.03. The highest BCUT2D eigenvalue weighted by Crippen LogP contribution is 2.17. The van der Waals surface area contributed by atoms with E-state index in [1.807, 2.05) is 0 Å². The van der Waals surface area contributed by atoms with Crippen LogP contribution >= 0.6 is 0 Å². The van der Waals surface area contributed by atoms with Crippen molar-refractivity contribution in [3.05, 3.63) is 24.6 Å². The van der Waals surface area contributed by atoms with Crippen LogP contribution in [-0.2, 0) is 4.79 Å². The van der Waals surface area contributed by atoms with Gasteiger partial charge in [-0.15, -0.1) is 0 Å². The Morgan fingerprint density at radius 1 is 1.62 bits per heavy atom. The van der Waals surface area contributed by atoms with Crippen molar-refractivity contribution in [2.45, 2.75) is 6.04 Å². The maximum atomic E-state index is 10.5. The van der Waals surface area contributed by atoms with E-state index in [1.165, 1.54) is 6.39 Å². The number of benzene rings is 1. The van der Waals surface area contributed by atoms with Gasteiger partial charge in [0.15, 0.2) is 12.0 Å². The number of nitrogens with two attached hydrogens (primary N) is 1. The third-order valence-corrected chi connectivity index (χ3v) is 2.17. The number of rotatable bonds is 4. The van der Waals surface area contributed by atoms with Crippen LogP contribution in [0.25, 0.3) is 11.1 Å². The molecule has 16 heavy (non-hydrogen) atoms. The molecular weight excluding hydrogens is 210 g/mol. The fourth-order valence-corrected chi connectivity index (χ4v) is 1.28. The highest BCUT2D eigenvalue weighted by atomic mass is 16.4. The lowest BCUT2D eigenvalue weighted by Gasteiger charge is -2.09. The number of nitrogens with zero attached hydrogens (tertiary/aromatic N) is 1. The number of carboxylic acid groups (broad SMARTS) is 1. The summed E-state index contributed by atoms with van der Waals surface area (Å²) in [5.41, 5.74) is 7.51. The second kappa shape index (κ2) is 4.19. The average molecular weight is 221 g/mol. The number of carboxylic acids is 1. The lowest BCUT2D eigenvalue weighted by molar-refractivity contribution is -0.138. The predicted octanol–water partition coefficient (Wildman–Crippen LogP) is 0.652. The summed E-state index contributed by atoms with van der Waals surface area (Å²) in [6, 6.07) is 4.40. The molecule has 1 heterocycles. The molecule has 0 fully saturated rings. The normalized spacial score (nSPS) is 12.6. The van der Waals surface area contributed by atoms with Crippen LogP contribution in [0.15, 0.2) is 29.0 Å². The lowest BCUT2D eigenvalue weighted by Crippen LogP contribution is -2.36. The van der Waals surface area contributed by atoms with Crippen LogP contribution in [0.2, 0.25) is 0 Å². The van der Waals surface area contributed by atoms with Gasteiger partial charge in [0.1, 0.15) is 11.6 Å². The number of hydrogen-bond donors (Lipinski definition) is 3. The Labute approximate surface area is 91.1 Å². The molecule has 0 bridgehead atoms. The van der Waals surface area contributed by atoms with E-state index in [0.29, 0.717) is 5.58 Å². The van der Waals surface area contributed by atoms with Gasteiger partial charge in [-0.3, -0.25) is 4.79 Å². The van der Waals surface area contributed by atoms with Crippen LogP contribution in [0.4, 0.5) is 5.69 Å². The molecule has 0 amide bonds. The maximum absolute atomic E-state index is 10.5. The van der Waals surface area contributed by atoms with Crippen molar-refractivity contribution >= 4 is 22.8 Å². The Hall–Kier alpha value is -2.08. The minimum absolute atomic E-state index is 0.162. The summed E-state index contributed by atoms with van der Waals surface area (Å²) >= 11 is 0. The molecule has 1 atom stereocenters. The van der Waals surface area contributed by atoms with Gasteiger partial charge in [0, 0.05) is 18.3 Å². The first-order valence-corrected chi connectivity index (χ1v) is 4.72. The van der Waals surface area contributed by atoms with Crippen LogP contribution in [0, 0.1) is 0 Å². The summed E-state index contributed by atoms with van der Waals surface area (Å²) in [6.45, 7) is 0.162. The Balaban J connectivity index is 2.06. The van der Waals surface area contributed by atoms with Gasteiger partial charge in [-0.25, -0.2) is 4.98 Å². The number of carbonyl (C=O) groups is 1. The van der Waals surface area contributed by atoms with Crippen molar-refractivity contribution in [2.24, 2.45) is 5.73 Å². The third-order valence-electron chi connectivity index (χ3n) is 2.17. The van der Waals surface area contributed by atoms with Crippen molar-refractivity contribution in [2.75, 3.05) is 11.9 Å². The molecule has 0 aliphatic heterocycles. The van der Waals surface area contributed by atoms with E-state index in [-0.39, 0.29) is 6.54 Å². The zero-order chi connectivity index (χ0) is 11.5. The SMILES string of the molecule is NC(CNc1ccc2ncoc2c1)C(=O)O. The molecule has 0 spiro atoms. The lowest BCUT2D eigenvalue weighted by atomic mass is 10.2. The van der Waals surface area contributed by atoms with Gasteiger partial charge in [-0.2, -0.15) is 0 Å². The number of aromatic nitrogens is 1. The number of oxazole rings is 1. The molecule has 0 aliphatic rings. The van der Waals surface area contributed by atoms with Gasteiger partial charge in [-0.05, 0) is 12.1 Å². The Morgan fingerprint density at radius 3 is 3.19 bits per heavy atom. The maximum Gasteiger partial charge on any atom is 0.322 e. The molecule has 0 aliphatic carbocycles. The van der Waals surface area contributed by atoms with E-state index < -0.39 is 12.0 Å². The van der Waals surface area contributed by atoms with Gasteiger partial charge in [0.25, 0.3) is 0 Å². The molecule has 0 saturated heterocycles. The summed E-state index contributed by atoms with van der Waals surface area (Å²) in [7, 11) is 0. The van der Waals surface area contributed by atoms with Gasteiger partial charge in [0.05, 0.1) is 0 Å². The van der Waals surface area contributed by atoms with Crippen molar-refractivity contribution in [3.8, 4) is 0 Å². The molecule has 84 valence electrons. The Kier molecular flexibility index (Phi) is 2.74. The van der Waals surface area contributed by atoms with E-state index in [2.05, 4.69) is 10.3 Å². The van der Waals surface area contributed by atoms with Crippen LogP contribution in [0.5, 0.6) is 0 Å². The molecular formula is C10H11N3O3. The van der Waals surface area contributed by atoms with Crippen LogP contribution in [0.1, 0.15) is 0 Å². The van der Waals surface area contributed by atoms with Crippen LogP contribution in [-0.4, -0.2) is 28.6 Å². The number of nitrogens with one attached hydrogen (secondary N) is 1. The van der Waals surface area contributed by atoms with E-state index in [1.54, 1.807) is 18.2 Å². The smallest absolute Gasteiger partial charge is 0.322 e. The monoisotopic (exact) mass is 221 g/mol. The van der Waals surface area contributed by atoms with Crippen molar-refractivity contribution in [1.82, 2.24) is 4.98 Å². The zero-order valence-electron chi connectivity index (χ0n) is 8.38. The van der Waals surface area contributed by atoms with Gasteiger partial charge in [-0.1, -0.05) is 0 Å². The minimum Gasteiger partial charge on any atom is -0.480 e. The number of fused-ring (bicyclic) bond motifs is 1. The number of aliphatic carboxylic acids is 1. The molecule has 4 N–H and O–H groups in total. The van der Waals surface area contributed by atoms with E-state index >= 15 is 0 Å². The minimum atomic E-state index is -1.03. The topological polar surface area (TPSA) is 101 Å². The fraction of sp³-hybridized carbons (Fsp3) is 0.200. The summed E-state index contributed by atoms with van der Waals surface area (Å²) in [6.07, 6.45) is 1.36. The summed E-state index contributed by atoms with van der Waals surface area (Å²) in [4.78, 5) is 14.5. The van der Waals surface area contributed by atoms with Crippen molar-refractivity contribution in [1.29, 1.82) is 0 Å². The molecule has 6 nitrogen and oxygen atoms in total. The molecule has 1 unspecified atom stereocenters. The highest BCUT2D eigenvalue weighted by molar-refractivity contribution is 5.77. The zero-order valence-corrected chi connectivity index (χ0v) is 8.38. The predicted molar refractivity (Wildman–Crippen MR) is 58.1 cm³/mol. The van der Waals surface area contributed by atoms with E-state index in [0.717, 1.165) is 11.2 Å². The van der Waals surface area contributed by atoms with Crippen LogP contribution in [0.3, 0.4) is 0 Å². The fourth-order valence-electron chi connectivity index (χ4n) is 1.28. The molecule has 1 aromatic carbocycles. The Morgan fingerprint density at radius 2 is 2.44 bits per heavy atom. The van der Waals surface area contributed by atoms with Crippen molar-refractivity contribution in [3.63, 3.8) is 0 Å². The summed E-state index contributed by atoms with van der Waals surface area (Å²) < 4.78 is 5.11. The van der Waals surface area contributed by atoms with Crippen LogP contribution < -0.4 is 11.1 Å². The second-order valence-corrected chi connectivity index (χ2v) is 3.36. The first-order chi connectivity index (χ1) is 7.66. The first-order valence-electron chi connectivity index (χ1n) is 4.72. The molecule has 2 aromatic rings. The average Bonchev–Trinajstić information content (AvgIpc) is 2.72. The van der Waals surface area contributed by atoms with Gasteiger partial charge in [0.2, 0.25) is 0 Å². The van der Waals surface area contributed by atoms with Crippen molar-refractivity contribution < 1.29 is 14.3 Å². The quantitative estimate of drug-likeness (QED) is 0.700. The third kappa shape index (κ3) is 2.12. The first kappa shape index (κ1) is 10.4. The molecule has 2 rings (SSSR count). The van der Waals surface area contributed by atoms with Gasteiger partial charge < -0.3 is 20.6 Å². The molecule has 1 aromatic heterocycles. The second-order valence-electron chi connectivity index (χ2n) is 3.36.